The van der Waals surface area contributed by atoms with Gasteiger partial charge in [-0.1, -0.05) is 0 Å². The Bertz CT molecular complexity index is 364. The van der Waals surface area contributed by atoms with Crippen molar-refractivity contribution in [3.63, 3.8) is 0 Å². The van der Waals surface area contributed by atoms with Gasteiger partial charge < -0.3 is 14.8 Å². The number of benzene rings is 1. The predicted octanol–water partition coefficient (Wildman–Crippen LogP) is 2.52. The maximum Gasteiger partial charge on any atom is 0.119 e. The molecule has 2 aliphatic rings. The molecule has 91 valence electrons. The molecule has 0 aliphatic carbocycles. The van der Waals surface area contributed by atoms with Crippen molar-refractivity contribution >= 4 is 0 Å². The SMILES string of the molecule is COc1ccc(OC2C[C]3CCC(C2)N3)cc1. The van der Waals surface area contributed by atoms with Crippen molar-refractivity contribution in [3.05, 3.63) is 30.3 Å². The lowest BCUT2D eigenvalue weighted by molar-refractivity contribution is 0.155. The molecule has 0 aromatic heterocycles. The molecule has 2 aliphatic heterocycles. The van der Waals surface area contributed by atoms with E-state index in [0.717, 1.165) is 24.3 Å². The Labute approximate surface area is 102 Å². The van der Waals surface area contributed by atoms with Crippen LogP contribution in [0.2, 0.25) is 0 Å². The minimum atomic E-state index is 0.340. The molecule has 0 amide bonds. The quantitative estimate of drug-likeness (QED) is 0.868. The van der Waals surface area contributed by atoms with Crippen molar-refractivity contribution in [1.29, 1.82) is 0 Å². The van der Waals surface area contributed by atoms with Crippen LogP contribution in [0.4, 0.5) is 0 Å². The third-order valence-corrected chi connectivity index (χ3v) is 3.59. The first-order chi connectivity index (χ1) is 8.33. The van der Waals surface area contributed by atoms with Gasteiger partial charge in [-0.3, -0.25) is 0 Å². The van der Waals surface area contributed by atoms with Gasteiger partial charge in [0.1, 0.15) is 17.6 Å². The molecule has 1 radical (unpaired) electrons. The fraction of sp³-hybridized carbons (Fsp3) is 0.500. The van der Waals surface area contributed by atoms with Crippen molar-refractivity contribution in [1.82, 2.24) is 5.32 Å². The molecule has 0 saturated carbocycles. The highest BCUT2D eigenvalue weighted by molar-refractivity contribution is 5.31. The van der Waals surface area contributed by atoms with Crippen molar-refractivity contribution in [2.24, 2.45) is 0 Å². The highest BCUT2D eigenvalue weighted by atomic mass is 16.5. The van der Waals surface area contributed by atoms with Gasteiger partial charge in [-0.2, -0.15) is 0 Å². The lowest BCUT2D eigenvalue weighted by Crippen LogP contribution is -2.38. The molecule has 3 heteroatoms. The first kappa shape index (κ1) is 10.9. The van der Waals surface area contributed by atoms with Gasteiger partial charge in [0.15, 0.2) is 0 Å². The maximum atomic E-state index is 6.02. The van der Waals surface area contributed by atoms with Crippen molar-refractivity contribution in [3.8, 4) is 11.5 Å². The molecule has 1 N–H and O–H groups in total. The van der Waals surface area contributed by atoms with Crippen LogP contribution in [0.1, 0.15) is 25.7 Å². The predicted molar refractivity (Wildman–Crippen MR) is 66.0 cm³/mol. The fourth-order valence-corrected chi connectivity index (χ4v) is 2.73. The highest BCUT2D eigenvalue weighted by Crippen LogP contribution is 2.33. The Hall–Kier alpha value is -1.22. The Morgan fingerprint density at radius 2 is 1.94 bits per heavy atom. The van der Waals surface area contributed by atoms with Crippen molar-refractivity contribution in [2.75, 3.05) is 7.11 Å². The number of hydrogen-bond acceptors (Lipinski definition) is 3. The van der Waals surface area contributed by atoms with Crippen molar-refractivity contribution in [2.45, 2.75) is 37.8 Å². The molecule has 2 unspecified atom stereocenters. The van der Waals surface area contributed by atoms with Crippen LogP contribution in [0.25, 0.3) is 0 Å². The second-order valence-corrected chi connectivity index (χ2v) is 4.84. The average molecular weight is 232 g/mol. The zero-order valence-electron chi connectivity index (χ0n) is 10.1. The number of nitrogens with one attached hydrogen (secondary N) is 1. The van der Waals surface area contributed by atoms with Gasteiger partial charge in [0.25, 0.3) is 0 Å². The van der Waals surface area contributed by atoms with Crippen molar-refractivity contribution < 1.29 is 9.47 Å². The zero-order chi connectivity index (χ0) is 11.7. The van der Waals surface area contributed by atoms with E-state index in [1.807, 2.05) is 24.3 Å². The second-order valence-electron chi connectivity index (χ2n) is 4.84. The van der Waals surface area contributed by atoms with E-state index in [-0.39, 0.29) is 0 Å². The van der Waals surface area contributed by atoms with E-state index in [2.05, 4.69) is 5.32 Å². The molecule has 1 aromatic rings. The van der Waals surface area contributed by atoms with Gasteiger partial charge in [-0.05, 0) is 43.5 Å². The summed E-state index contributed by atoms with van der Waals surface area (Å²) in [4.78, 5) is 0. The Morgan fingerprint density at radius 1 is 1.18 bits per heavy atom. The number of piperidine rings is 1. The molecule has 17 heavy (non-hydrogen) atoms. The summed E-state index contributed by atoms with van der Waals surface area (Å²) in [5.74, 6) is 1.81. The first-order valence-corrected chi connectivity index (χ1v) is 6.25. The van der Waals surface area contributed by atoms with Crippen LogP contribution in [0.3, 0.4) is 0 Å². The standard InChI is InChI=1S/C14H18NO2/c1-16-12-4-6-13(7-5-12)17-14-8-10-2-3-11(9-14)15-10/h4-7,10,14-15H,2-3,8-9H2,1H3. The minimum absolute atomic E-state index is 0.340. The summed E-state index contributed by atoms with van der Waals surface area (Å²) in [6.45, 7) is 0. The van der Waals surface area contributed by atoms with Crippen LogP contribution in [0.5, 0.6) is 11.5 Å². The van der Waals surface area contributed by atoms with E-state index in [4.69, 9.17) is 9.47 Å². The average Bonchev–Trinajstić information content (AvgIpc) is 2.70. The van der Waals surface area contributed by atoms with Gasteiger partial charge in [0.2, 0.25) is 0 Å². The molecule has 2 bridgehead atoms. The molecular weight excluding hydrogens is 214 g/mol. The highest BCUT2D eigenvalue weighted by Gasteiger charge is 2.34. The number of ether oxygens (including phenoxy) is 2. The summed E-state index contributed by atoms with van der Waals surface area (Å²) in [5, 5.41) is 3.54. The Balaban J connectivity index is 1.62. The van der Waals surface area contributed by atoms with E-state index in [9.17, 15) is 0 Å². The number of rotatable bonds is 3. The normalized spacial score (nSPS) is 28.1. The Kier molecular flexibility index (Phi) is 2.93. The van der Waals surface area contributed by atoms with Crippen LogP contribution in [-0.2, 0) is 0 Å². The maximum absolute atomic E-state index is 6.02. The van der Waals surface area contributed by atoms with Gasteiger partial charge in [0.05, 0.1) is 7.11 Å². The lowest BCUT2D eigenvalue weighted by atomic mass is 10.0. The summed E-state index contributed by atoms with van der Waals surface area (Å²) in [6.07, 6.45) is 5.02. The molecular formula is C14H18NO2. The largest absolute Gasteiger partial charge is 0.497 e. The van der Waals surface area contributed by atoms with Crippen LogP contribution < -0.4 is 14.8 Å². The van der Waals surface area contributed by atoms with E-state index in [1.54, 1.807) is 7.11 Å². The molecule has 3 nitrogen and oxygen atoms in total. The van der Waals surface area contributed by atoms with Crippen LogP contribution in [0.15, 0.2) is 24.3 Å². The first-order valence-electron chi connectivity index (χ1n) is 6.25. The van der Waals surface area contributed by atoms with E-state index < -0.39 is 0 Å². The van der Waals surface area contributed by atoms with E-state index in [1.165, 1.54) is 18.9 Å². The van der Waals surface area contributed by atoms with Crippen LogP contribution in [-0.4, -0.2) is 19.3 Å². The van der Waals surface area contributed by atoms with E-state index >= 15 is 0 Å². The van der Waals surface area contributed by atoms with Crippen LogP contribution in [0, 0.1) is 6.04 Å². The van der Waals surface area contributed by atoms with E-state index in [0.29, 0.717) is 12.1 Å². The van der Waals surface area contributed by atoms with Gasteiger partial charge in [-0.15, -0.1) is 0 Å². The topological polar surface area (TPSA) is 30.5 Å². The molecule has 1 aromatic carbocycles. The zero-order valence-corrected chi connectivity index (χ0v) is 10.1. The van der Waals surface area contributed by atoms with Crippen LogP contribution >= 0.6 is 0 Å². The van der Waals surface area contributed by atoms with Gasteiger partial charge >= 0.3 is 0 Å². The third-order valence-electron chi connectivity index (χ3n) is 3.59. The Morgan fingerprint density at radius 3 is 2.65 bits per heavy atom. The molecule has 2 atom stereocenters. The summed E-state index contributed by atoms with van der Waals surface area (Å²) in [5.41, 5.74) is 0. The van der Waals surface area contributed by atoms with Gasteiger partial charge in [0, 0.05) is 18.5 Å². The molecule has 2 fully saturated rings. The number of methoxy groups -OCH3 is 1. The monoisotopic (exact) mass is 232 g/mol. The summed E-state index contributed by atoms with van der Waals surface area (Å²) in [6, 6.07) is 9.96. The second kappa shape index (κ2) is 4.57. The van der Waals surface area contributed by atoms with Gasteiger partial charge in [-0.25, -0.2) is 0 Å². The molecule has 0 spiro atoms. The summed E-state index contributed by atoms with van der Waals surface area (Å²) < 4.78 is 11.2. The number of hydrogen-bond donors (Lipinski definition) is 1. The fourth-order valence-electron chi connectivity index (χ4n) is 2.73. The molecule has 2 heterocycles. The summed E-state index contributed by atoms with van der Waals surface area (Å²) >= 11 is 0. The third kappa shape index (κ3) is 2.39. The smallest absolute Gasteiger partial charge is 0.119 e. The number of fused-ring (bicyclic) bond motifs is 2. The molecule has 3 rings (SSSR count). The molecule has 2 saturated heterocycles. The lowest BCUT2D eigenvalue weighted by Gasteiger charge is -2.29. The minimum Gasteiger partial charge on any atom is -0.497 e. The summed E-state index contributed by atoms with van der Waals surface area (Å²) in [7, 11) is 1.68.